The van der Waals surface area contributed by atoms with Gasteiger partial charge in [-0.1, -0.05) is 12.1 Å². The molecular weight excluding hydrogens is 198 g/mol. The molecule has 0 aliphatic carbocycles. The summed E-state index contributed by atoms with van der Waals surface area (Å²) < 4.78 is 0. The second kappa shape index (κ2) is 6.63. The largest absolute Gasteiger partial charge is 0.330 e. The fourth-order valence-electron chi connectivity index (χ4n) is 2.05. The highest BCUT2D eigenvalue weighted by Gasteiger charge is 2.06. The number of benzene rings is 1. The van der Waals surface area contributed by atoms with Gasteiger partial charge in [0.25, 0.3) is 0 Å². The molecule has 3 heteroatoms. The van der Waals surface area contributed by atoms with Crippen molar-refractivity contribution >= 4 is 0 Å². The molecule has 1 aromatic rings. The van der Waals surface area contributed by atoms with Crippen LogP contribution in [-0.2, 0) is 19.3 Å². The van der Waals surface area contributed by atoms with Crippen LogP contribution in [0.15, 0.2) is 12.1 Å². The Morgan fingerprint density at radius 2 is 1.25 bits per heavy atom. The molecule has 1 rings (SSSR count). The highest BCUT2D eigenvalue weighted by atomic mass is 14.5. The van der Waals surface area contributed by atoms with Crippen LogP contribution in [-0.4, -0.2) is 19.6 Å². The average Bonchev–Trinajstić information content (AvgIpc) is 2.26. The summed E-state index contributed by atoms with van der Waals surface area (Å²) in [6.07, 6.45) is 2.79. The molecule has 1 aromatic carbocycles. The Morgan fingerprint density at radius 3 is 1.62 bits per heavy atom. The van der Waals surface area contributed by atoms with Crippen molar-refractivity contribution in [3.8, 4) is 0 Å². The molecule has 0 saturated heterocycles. The lowest BCUT2D eigenvalue weighted by Crippen LogP contribution is -2.11. The van der Waals surface area contributed by atoms with Gasteiger partial charge in [-0.3, -0.25) is 0 Å². The lowest BCUT2D eigenvalue weighted by molar-refractivity contribution is 0.899. The molecule has 0 heterocycles. The van der Waals surface area contributed by atoms with Gasteiger partial charge in [0, 0.05) is 0 Å². The fourth-order valence-corrected chi connectivity index (χ4v) is 2.05. The van der Waals surface area contributed by atoms with Crippen LogP contribution in [0.25, 0.3) is 0 Å². The molecule has 0 amide bonds. The van der Waals surface area contributed by atoms with Crippen LogP contribution in [0.2, 0.25) is 0 Å². The minimum absolute atomic E-state index is 0.688. The fraction of sp³-hybridized carbons (Fsp3) is 0.538. The molecule has 0 spiro atoms. The van der Waals surface area contributed by atoms with E-state index in [0.29, 0.717) is 19.6 Å². The summed E-state index contributed by atoms with van der Waals surface area (Å²) in [7, 11) is 0. The molecule has 0 aliphatic heterocycles. The number of hydrogen-bond acceptors (Lipinski definition) is 3. The maximum atomic E-state index is 5.63. The summed E-state index contributed by atoms with van der Waals surface area (Å²) in [5.41, 5.74) is 22.2. The van der Waals surface area contributed by atoms with Gasteiger partial charge in [-0.05, 0) is 68.1 Å². The molecule has 0 saturated carbocycles. The van der Waals surface area contributed by atoms with Crippen molar-refractivity contribution in [3.05, 3.63) is 34.4 Å². The maximum absolute atomic E-state index is 5.63. The Morgan fingerprint density at radius 1 is 0.812 bits per heavy atom. The Kier molecular flexibility index (Phi) is 5.46. The summed E-state index contributed by atoms with van der Waals surface area (Å²) >= 11 is 0. The standard InChI is InChI=1S/C13H23N3/c1-10-12(3-6-15)8-11(2-5-14)9-13(10)4-7-16/h8-9H,2-7,14-16H2,1H3. The zero-order valence-electron chi connectivity index (χ0n) is 10.1. The summed E-state index contributed by atoms with van der Waals surface area (Å²) in [4.78, 5) is 0. The third-order valence-corrected chi connectivity index (χ3v) is 2.94. The molecule has 0 atom stereocenters. The highest BCUT2D eigenvalue weighted by molar-refractivity contribution is 5.39. The molecule has 0 aromatic heterocycles. The smallest absolute Gasteiger partial charge is 0.00366 e. The van der Waals surface area contributed by atoms with Crippen LogP contribution >= 0.6 is 0 Å². The zero-order chi connectivity index (χ0) is 12.0. The van der Waals surface area contributed by atoms with Crippen LogP contribution < -0.4 is 17.2 Å². The molecule has 0 bridgehead atoms. The molecule has 3 nitrogen and oxygen atoms in total. The van der Waals surface area contributed by atoms with E-state index in [0.717, 1.165) is 19.3 Å². The van der Waals surface area contributed by atoms with Gasteiger partial charge in [0.15, 0.2) is 0 Å². The Labute approximate surface area is 98.0 Å². The van der Waals surface area contributed by atoms with Crippen molar-refractivity contribution in [2.75, 3.05) is 19.6 Å². The summed E-state index contributed by atoms with van der Waals surface area (Å²) in [6.45, 7) is 4.22. The van der Waals surface area contributed by atoms with E-state index in [1.165, 1.54) is 22.3 Å². The Bertz CT molecular complexity index is 307. The first-order chi connectivity index (χ1) is 7.72. The van der Waals surface area contributed by atoms with E-state index in [2.05, 4.69) is 19.1 Å². The second-order valence-electron chi connectivity index (χ2n) is 4.16. The second-order valence-corrected chi connectivity index (χ2v) is 4.16. The van der Waals surface area contributed by atoms with E-state index in [-0.39, 0.29) is 0 Å². The van der Waals surface area contributed by atoms with Crippen LogP contribution in [0.5, 0.6) is 0 Å². The monoisotopic (exact) mass is 221 g/mol. The number of nitrogens with two attached hydrogens (primary N) is 3. The first kappa shape index (κ1) is 13.2. The first-order valence-electron chi connectivity index (χ1n) is 5.94. The SMILES string of the molecule is Cc1c(CCN)cc(CCN)cc1CCN. The van der Waals surface area contributed by atoms with Gasteiger partial charge in [-0.2, -0.15) is 0 Å². The summed E-state index contributed by atoms with van der Waals surface area (Å²) in [5, 5.41) is 0. The zero-order valence-corrected chi connectivity index (χ0v) is 10.1. The predicted molar refractivity (Wildman–Crippen MR) is 69.5 cm³/mol. The summed E-state index contributed by atoms with van der Waals surface area (Å²) in [6, 6.07) is 4.46. The third kappa shape index (κ3) is 3.30. The molecule has 90 valence electrons. The highest BCUT2D eigenvalue weighted by Crippen LogP contribution is 2.18. The van der Waals surface area contributed by atoms with Crippen LogP contribution in [0.4, 0.5) is 0 Å². The van der Waals surface area contributed by atoms with Crippen molar-refractivity contribution in [2.45, 2.75) is 26.2 Å². The van der Waals surface area contributed by atoms with Gasteiger partial charge >= 0.3 is 0 Å². The van der Waals surface area contributed by atoms with E-state index in [1.807, 2.05) is 0 Å². The summed E-state index contributed by atoms with van der Waals surface area (Å²) in [5.74, 6) is 0. The van der Waals surface area contributed by atoms with Crippen molar-refractivity contribution in [2.24, 2.45) is 17.2 Å². The van der Waals surface area contributed by atoms with Crippen LogP contribution in [0, 0.1) is 6.92 Å². The van der Waals surface area contributed by atoms with Gasteiger partial charge in [-0.15, -0.1) is 0 Å². The average molecular weight is 221 g/mol. The molecule has 0 fully saturated rings. The molecule has 0 radical (unpaired) electrons. The molecule has 6 N–H and O–H groups in total. The third-order valence-electron chi connectivity index (χ3n) is 2.94. The van der Waals surface area contributed by atoms with Gasteiger partial charge in [-0.25, -0.2) is 0 Å². The van der Waals surface area contributed by atoms with Gasteiger partial charge in [0.1, 0.15) is 0 Å². The Hall–Kier alpha value is -0.900. The van der Waals surface area contributed by atoms with E-state index in [9.17, 15) is 0 Å². The number of hydrogen-bond donors (Lipinski definition) is 3. The predicted octanol–water partition coefficient (Wildman–Crippen LogP) is 0.499. The van der Waals surface area contributed by atoms with E-state index >= 15 is 0 Å². The van der Waals surface area contributed by atoms with Crippen molar-refractivity contribution < 1.29 is 0 Å². The minimum Gasteiger partial charge on any atom is -0.330 e. The van der Waals surface area contributed by atoms with Gasteiger partial charge < -0.3 is 17.2 Å². The topological polar surface area (TPSA) is 78.1 Å². The van der Waals surface area contributed by atoms with Crippen molar-refractivity contribution in [1.82, 2.24) is 0 Å². The van der Waals surface area contributed by atoms with Gasteiger partial charge in [0.2, 0.25) is 0 Å². The number of rotatable bonds is 6. The van der Waals surface area contributed by atoms with E-state index in [4.69, 9.17) is 17.2 Å². The van der Waals surface area contributed by atoms with E-state index < -0.39 is 0 Å². The molecule has 0 aliphatic rings. The minimum atomic E-state index is 0.688. The van der Waals surface area contributed by atoms with E-state index in [1.54, 1.807) is 0 Å². The lowest BCUT2D eigenvalue weighted by Gasteiger charge is -2.13. The Balaban J connectivity index is 3.05. The molecule has 0 unspecified atom stereocenters. The lowest BCUT2D eigenvalue weighted by atomic mass is 9.94. The molecule has 16 heavy (non-hydrogen) atoms. The molecular formula is C13H23N3. The quantitative estimate of drug-likeness (QED) is 0.654. The van der Waals surface area contributed by atoms with Gasteiger partial charge in [0.05, 0.1) is 0 Å². The maximum Gasteiger partial charge on any atom is -0.00366 e. The van der Waals surface area contributed by atoms with Crippen LogP contribution in [0.1, 0.15) is 22.3 Å². The van der Waals surface area contributed by atoms with Crippen molar-refractivity contribution in [1.29, 1.82) is 0 Å². The normalized spacial score (nSPS) is 10.8. The van der Waals surface area contributed by atoms with Crippen LogP contribution in [0.3, 0.4) is 0 Å². The first-order valence-corrected chi connectivity index (χ1v) is 5.94. The van der Waals surface area contributed by atoms with Crippen molar-refractivity contribution in [3.63, 3.8) is 0 Å².